The highest BCUT2D eigenvalue weighted by Gasteiger charge is 2.38. The normalized spacial score (nSPS) is 13.6. The molecule has 5 nitrogen and oxygen atoms in total. The smallest absolute Gasteiger partial charge is 0.382 e. The molecule has 0 spiro atoms. The van der Waals surface area contributed by atoms with Crippen molar-refractivity contribution in [3.8, 4) is 0 Å². The van der Waals surface area contributed by atoms with Crippen LogP contribution in [0.5, 0.6) is 0 Å². The summed E-state index contributed by atoms with van der Waals surface area (Å²) in [5.74, 6) is 0. The summed E-state index contributed by atoms with van der Waals surface area (Å²) in [4.78, 5) is 11.5. The predicted molar refractivity (Wildman–Crippen MR) is 66.2 cm³/mol. The number of halogens is 3. The minimum atomic E-state index is -4.67. The summed E-state index contributed by atoms with van der Waals surface area (Å²) < 4.78 is 36.7. The molecule has 1 atom stereocenters. The van der Waals surface area contributed by atoms with E-state index in [1.807, 2.05) is 0 Å². The molecule has 112 valence electrons. The average Bonchev–Trinajstić information content (AvgIpc) is 2.30. The molecule has 0 saturated heterocycles. The van der Waals surface area contributed by atoms with Gasteiger partial charge in [-0.25, -0.2) is 0 Å². The van der Waals surface area contributed by atoms with Crippen molar-refractivity contribution in [2.75, 3.05) is 13.6 Å². The van der Waals surface area contributed by atoms with E-state index in [2.05, 4.69) is 0 Å². The van der Waals surface area contributed by atoms with Crippen molar-refractivity contribution in [2.45, 2.75) is 25.7 Å². The second-order valence-corrected chi connectivity index (χ2v) is 4.57. The largest absolute Gasteiger partial charge is 0.415 e. The summed E-state index contributed by atoms with van der Waals surface area (Å²) >= 11 is 0. The number of nitro benzene ring substituents is 1. The highest BCUT2D eigenvalue weighted by Crippen LogP contribution is 2.24. The van der Waals surface area contributed by atoms with Crippen molar-refractivity contribution in [2.24, 2.45) is 0 Å². The van der Waals surface area contributed by atoms with Gasteiger partial charge in [-0.15, -0.1) is 0 Å². The molecule has 0 aliphatic heterocycles. The summed E-state index contributed by atoms with van der Waals surface area (Å²) in [5, 5.41) is 19.7. The van der Waals surface area contributed by atoms with E-state index in [1.54, 1.807) is 13.0 Å². The Morgan fingerprint density at radius 2 is 2.05 bits per heavy atom. The van der Waals surface area contributed by atoms with Crippen LogP contribution in [0.2, 0.25) is 0 Å². The third-order valence-corrected chi connectivity index (χ3v) is 2.92. The fourth-order valence-corrected chi connectivity index (χ4v) is 1.79. The van der Waals surface area contributed by atoms with Gasteiger partial charge in [-0.05, 0) is 19.5 Å². The highest BCUT2D eigenvalue weighted by molar-refractivity contribution is 5.44. The van der Waals surface area contributed by atoms with Gasteiger partial charge in [0.1, 0.15) is 0 Å². The third-order valence-electron chi connectivity index (χ3n) is 2.92. The Labute approximate surface area is 113 Å². The molecular weight excluding hydrogens is 277 g/mol. The molecule has 1 N–H and O–H groups in total. The molecule has 0 saturated carbocycles. The number of hydrogen-bond acceptors (Lipinski definition) is 4. The van der Waals surface area contributed by atoms with E-state index >= 15 is 0 Å². The topological polar surface area (TPSA) is 66.6 Å². The van der Waals surface area contributed by atoms with E-state index in [-0.39, 0.29) is 12.2 Å². The molecule has 1 unspecified atom stereocenters. The number of nitrogens with zero attached hydrogens (tertiary/aromatic N) is 2. The number of likely N-dealkylation sites (N-methyl/N-ethyl adjacent to an activating group) is 1. The first-order valence-electron chi connectivity index (χ1n) is 5.79. The molecule has 20 heavy (non-hydrogen) atoms. The number of nitro groups is 1. The van der Waals surface area contributed by atoms with Crippen LogP contribution in [0.1, 0.15) is 11.1 Å². The second kappa shape index (κ2) is 6.19. The SMILES string of the molecule is Cc1c(CN(C)CC(O)C(F)(F)F)cccc1[N+](=O)[O-]. The summed E-state index contributed by atoms with van der Waals surface area (Å²) in [5.41, 5.74) is 0.884. The Morgan fingerprint density at radius 1 is 1.45 bits per heavy atom. The first kappa shape index (κ1) is 16.4. The monoisotopic (exact) mass is 292 g/mol. The quantitative estimate of drug-likeness (QED) is 0.667. The molecule has 0 heterocycles. The Hall–Kier alpha value is -1.67. The zero-order valence-electron chi connectivity index (χ0n) is 11.0. The number of benzene rings is 1. The average molecular weight is 292 g/mol. The summed E-state index contributed by atoms with van der Waals surface area (Å²) in [6, 6.07) is 4.43. The number of aliphatic hydroxyl groups is 1. The Kier molecular flexibility index (Phi) is 5.07. The third kappa shape index (κ3) is 4.17. The van der Waals surface area contributed by atoms with Crippen molar-refractivity contribution in [3.63, 3.8) is 0 Å². The van der Waals surface area contributed by atoms with Crippen molar-refractivity contribution >= 4 is 5.69 Å². The number of rotatable bonds is 5. The van der Waals surface area contributed by atoms with Crippen LogP contribution in [0, 0.1) is 17.0 Å². The molecule has 0 amide bonds. The van der Waals surface area contributed by atoms with Gasteiger partial charge in [0.2, 0.25) is 0 Å². The molecule has 0 fully saturated rings. The van der Waals surface area contributed by atoms with Gasteiger partial charge < -0.3 is 5.11 Å². The number of alkyl halides is 3. The minimum absolute atomic E-state index is 0.0766. The minimum Gasteiger partial charge on any atom is -0.382 e. The molecule has 1 rings (SSSR count). The van der Waals surface area contributed by atoms with Gasteiger partial charge in [-0.2, -0.15) is 13.2 Å². The highest BCUT2D eigenvalue weighted by atomic mass is 19.4. The van der Waals surface area contributed by atoms with Crippen LogP contribution < -0.4 is 0 Å². The fraction of sp³-hybridized carbons (Fsp3) is 0.500. The van der Waals surface area contributed by atoms with Crippen molar-refractivity contribution < 1.29 is 23.2 Å². The molecule has 0 aliphatic rings. The zero-order chi connectivity index (χ0) is 15.5. The van der Waals surface area contributed by atoms with Gasteiger partial charge >= 0.3 is 6.18 Å². The molecule has 1 aromatic rings. The van der Waals surface area contributed by atoms with Crippen LogP contribution in [0.25, 0.3) is 0 Å². The number of hydrogen-bond donors (Lipinski definition) is 1. The lowest BCUT2D eigenvalue weighted by atomic mass is 10.1. The van der Waals surface area contributed by atoms with Gasteiger partial charge in [0.25, 0.3) is 5.69 Å². The van der Waals surface area contributed by atoms with Gasteiger partial charge in [0, 0.05) is 24.7 Å². The van der Waals surface area contributed by atoms with Crippen LogP contribution in [0.4, 0.5) is 18.9 Å². The van der Waals surface area contributed by atoms with Crippen molar-refractivity contribution in [1.29, 1.82) is 0 Å². The number of aliphatic hydroxyl groups excluding tert-OH is 1. The maximum Gasteiger partial charge on any atom is 0.415 e. The lowest BCUT2D eigenvalue weighted by Gasteiger charge is -2.22. The van der Waals surface area contributed by atoms with Crippen molar-refractivity contribution in [3.05, 3.63) is 39.4 Å². The molecule has 0 aliphatic carbocycles. The van der Waals surface area contributed by atoms with E-state index in [0.29, 0.717) is 11.1 Å². The predicted octanol–water partition coefficient (Wildman–Crippen LogP) is 2.26. The van der Waals surface area contributed by atoms with Crippen LogP contribution in [0.3, 0.4) is 0 Å². The maximum atomic E-state index is 12.2. The van der Waals surface area contributed by atoms with Gasteiger partial charge in [-0.1, -0.05) is 12.1 Å². The van der Waals surface area contributed by atoms with E-state index in [1.165, 1.54) is 24.1 Å². The van der Waals surface area contributed by atoms with Crippen LogP contribution in [-0.4, -0.2) is 40.8 Å². The van der Waals surface area contributed by atoms with Crippen LogP contribution in [-0.2, 0) is 6.54 Å². The maximum absolute atomic E-state index is 12.2. The molecule has 1 aromatic carbocycles. The molecule has 0 bridgehead atoms. The van der Waals surface area contributed by atoms with E-state index in [4.69, 9.17) is 5.11 Å². The molecule has 8 heteroatoms. The zero-order valence-corrected chi connectivity index (χ0v) is 11.0. The first-order chi connectivity index (χ1) is 9.12. The van der Waals surface area contributed by atoms with Crippen LogP contribution in [0.15, 0.2) is 18.2 Å². The van der Waals surface area contributed by atoms with Crippen LogP contribution >= 0.6 is 0 Å². The summed E-state index contributed by atoms with van der Waals surface area (Å²) in [7, 11) is 1.41. The van der Waals surface area contributed by atoms with E-state index in [9.17, 15) is 23.3 Å². The fourth-order valence-electron chi connectivity index (χ4n) is 1.79. The second-order valence-electron chi connectivity index (χ2n) is 4.57. The first-order valence-corrected chi connectivity index (χ1v) is 5.79. The lowest BCUT2D eigenvalue weighted by molar-refractivity contribution is -0.385. The summed E-state index contributed by atoms with van der Waals surface area (Å²) in [6.45, 7) is 1.04. The molecule has 0 radical (unpaired) electrons. The lowest BCUT2D eigenvalue weighted by Crippen LogP contribution is -2.39. The van der Waals surface area contributed by atoms with Gasteiger partial charge in [0.05, 0.1) is 4.92 Å². The van der Waals surface area contributed by atoms with Gasteiger partial charge in [0.15, 0.2) is 6.10 Å². The Balaban J connectivity index is 2.79. The van der Waals surface area contributed by atoms with Gasteiger partial charge in [-0.3, -0.25) is 15.0 Å². The van der Waals surface area contributed by atoms with E-state index < -0.39 is 23.7 Å². The Bertz CT molecular complexity index is 491. The molecular formula is C12H15F3N2O3. The summed E-state index contributed by atoms with van der Waals surface area (Å²) in [6.07, 6.45) is -7.11. The van der Waals surface area contributed by atoms with E-state index in [0.717, 1.165) is 0 Å². The Morgan fingerprint density at radius 3 is 2.55 bits per heavy atom. The molecule has 0 aromatic heterocycles. The standard InChI is InChI=1S/C12H15F3N2O3/c1-8-9(4-3-5-10(8)17(19)20)6-16(2)7-11(18)12(13,14)15/h3-5,11,18H,6-7H2,1-2H3. The van der Waals surface area contributed by atoms with Crippen molar-refractivity contribution in [1.82, 2.24) is 4.90 Å².